The summed E-state index contributed by atoms with van der Waals surface area (Å²) in [5.74, 6) is 0.951. The zero-order chi connectivity index (χ0) is 13.5. The Balaban J connectivity index is 2.38. The fourth-order valence-corrected chi connectivity index (χ4v) is 1.86. The van der Waals surface area contributed by atoms with Crippen LogP contribution in [0, 0.1) is 13.8 Å². The summed E-state index contributed by atoms with van der Waals surface area (Å²) in [7, 11) is 0. The number of hydrogen-bond donors (Lipinski definition) is 1. The van der Waals surface area contributed by atoms with E-state index in [-0.39, 0.29) is 5.91 Å². The third-order valence-corrected chi connectivity index (χ3v) is 3.49. The van der Waals surface area contributed by atoms with Crippen molar-refractivity contribution in [2.24, 2.45) is 0 Å². The first-order valence-electron chi connectivity index (χ1n) is 6.27. The fraction of sp³-hybridized carbons (Fsp3) is 0.500. The highest BCUT2D eigenvalue weighted by Crippen LogP contribution is 2.21. The molecule has 1 rings (SSSR count). The number of nitrogens with one attached hydrogen (secondary N) is 1. The molecule has 0 saturated heterocycles. The maximum atomic E-state index is 11.2. The number of hydrogen-bond acceptors (Lipinski definition) is 2. The smallest absolute Gasteiger partial charge is 0.220 e. The molecule has 0 aliphatic heterocycles. The van der Waals surface area contributed by atoms with Gasteiger partial charge in [0.25, 0.3) is 0 Å². The average Bonchev–Trinajstić information content (AvgIpc) is 2.32. The van der Waals surface area contributed by atoms with E-state index in [1.165, 1.54) is 0 Å². The Morgan fingerprint density at radius 1 is 1.33 bits per heavy atom. The van der Waals surface area contributed by atoms with Crippen molar-refractivity contribution in [3.63, 3.8) is 0 Å². The molecule has 18 heavy (non-hydrogen) atoms. The largest absolute Gasteiger partial charge is 0.494 e. The van der Waals surface area contributed by atoms with E-state index in [1.807, 2.05) is 32.9 Å². The average molecular weight is 268 g/mol. The van der Waals surface area contributed by atoms with Crippen molar-refractivity contribution in [1.82, 2.24) is 5.32 Å². The van der Waals surface area contributed by atoms with Crippen molar-refractivity contribution < 1.29 is 9.53 Å². The lowest BCUT2D eigenvalue weighted by Crippen LogP contribution is -2.22. The summed E-state index contributed by atoms with van der Waals surface area (Å²) < 4.78 is 5.65. The van der Waals surface area contributed by atoms with E-state index < -0.39 is 0 Å². The van der Waals surface area contributed by atoms with Gasteiger partial charge < -0.3 is 10.1 Å². The zero-order valence-corrected chi connectivity index (χ0v) is 12.3. The number of carbonyl (C=O) groups is 1. The molecule has 1 amide bonds. The summed E-state index contributed by atoms with van der Waals surface area (Å²) in [5.41, 5.74) is 2.32. The van der Waals surface area contributed by atoms with E-state index in [2.05, 4.69) is 17.9 Å². The highest BCUT2D eigenvalue weighted by atomic mass is 32.1. The van der Waals surface area contributed by atoms with Gasteiger partial charge in [0.05, 0.1) is 6.61 Å². The second kappa shape index (κ2) is 7.31. The van der Waals surface area contributed by atoms with Crippen molar-refractivity contribution in [1.29, 1.82) is 0 Å². The first kappa shape index (κ1) is 14.9. The van der Waals surface area contributed by atoms with Gasteiger partial charge in [-0.15, -0.1) is 0 Å². The standard InChI is InChI=1S/C14H21NO2S/c1-4-15-13(16)6-5-7-17-12-8-10(2)14(18)11(3)9-12/h8-9,18H,4-7H2,1-3H3,(H,15,16)/p+1. The van der Waals surface area contributed by atoms with Gasteiger partial charge in [0.2, 0.25) is 5.91 Å². The number of rotatable bonds is 6. The summed E-state index contributed by atoms with van der Waals surface area (Å²) in [6.45, 7) is 7.25. The van der Waals surface area contributed by atoms with Crippen molar-refractivity contribution in [2.75, 3.05) is 13.2 Å². The Hall–Kier alpha value is -1.16. The van der Waals surface area contributed by atoms with Crippen LogP contribution in [-0.2, 0) is 17.4 Å². The lowest BCUT2D eigenvalue weighted by Gasteiger charge is -2.08. The molecule has 0 heterocycles. The minimum atomic E-state index is 0.0870. The van der Waals surface area contributed by atoms with E-state index in [0.717, 1.165) is 28.2 Å². The van der Waals surface area contributed by atoms with Gasteiger partial charge in [-0.1, -0.05) is 0 Å². The number of amides is 1. The predicted octanol–water partition coefficient (Wildman–Crippen LogP) is 1.97. The molecule has 3 nitrogen and oxygen atoms in total. The van der Waals surface area contributed by atoms with Crippen LogP contribution in [0.1, 0.15) is 30.9 Å². The summed E-state index contributed by atoms with van der Waals surface area (Å²) >= 11 is 3.58. The van der Waals surface area contributed by atoms with Crippen molar-refractivity contribution >= 4 is 18.5 Å². The molecular formula is C14H22NO2S+. The summed E-state index contributed by atoms with van der Waals surface area (Å²) in [6.07, 6.45) is 1.25. The van der Waals surface area contributed by atoms with Crippen molar-refractivity contribution in [3.05, 3.63) is 23.3 Å². The predicted molar refractivity (Wildman–Crippen MR) is 77.7 cm³/mol. The van der Waals surface area contributed by atoms with Crippen LogP contribution in [0.4, 0.5) is 0 Å². The molecular weight excluding hydrogens is 246 g/mol. The lowest BCUT2D eigenvalue weighted by molar-refractivity contribution is -0.121. The van der Waals surface area contributed by atoms with Gasteiger partial charge in [-0.2, -0.15) is 0 Å². The third-order valence-electron chi connectivity index (χ3n) is 2.70. The Labute approximate surface area is 114 Å². The van der Waals surface area contributed by atoms with Gasteiger partial charge in [0.15, 0.2) is 4.90 Å². The molecule has 0 atom stereocenters. The summed E-state index contributed by atoms with van der Waals surface area (Å²) in [4.78, 5) is 12.3. The van der Waals surface area contributed by atoms with E-state index >= 15 is 0 Å². The van der Waals surface area contributed by atoms with E-state index in [1.54, 1.807) is 0 Å². The monoisotopic (exact) mass is 268 g/mol. The number of ether oxygens (including phenoxy) is 1. The molecule has 0 spiro atoms. The van der Waals surface area contributed by atoms with E-state index in [4.69, 9.17) is 4.74 Å². The fourth-order valence-electron chi connectivity index (χ4n) is 1.72. The van der Waals surface area contributed by atoms with Crippen LogP contribution in [0.25, 0.3) is 0 Å². The molecule has 4 heteroatoms. The SMILES string of the molecule is CCNC(=O)CCCOc1cc(C)c([SH2+])c(C)c1. The molecule has 100 valence electrons. The molecule has 1 N–H and O–H groups in total. The van der Waals surface area contributed by atoms with Crippen LogP contribution < -0.4 is 10.1 Å². The number of carbonyl (C=O) groups excluding carboxylic acids is 1. The van der Waals surface area contributed by atoms with Crippen LogP contribution in [0.2, 0.25) is 0 Å². The highest BCUT2D eigenvalue weighted by Gasteiger charge is 2.07. The van der Waals surface area contributed by atoms with E-state index in [0.29, 0.717) is 19.6 Å². The molecule has 0 aromatic heterocycles. The van der Waals surface area contributed by atoms with Crippen LogP contribution >= 0.6 is 0 Å². The van der Waals surface area contributed by atoms with Crippen molar-refractivity contribution in [3.8, 4) is 5.75 Å². The molecule has 1 aromatic carbocycles. The number of aryl methyl sites for hydroxylation is 2. The minimum Gasteiger partial charge on any atom is -0.494 e. The van der Waals surface area contributed by atoms with Crippen molar-refractivity contribution in [2.45, 2.75) is 38.5 Å². The van der Waals surface area contributed by atoms with Gasteiger partial charge in [0, 0.05) is 24.1 Å². The quantitative estimate of drug-likeness (QED) is 0.633. The Kier molecular flexibility index (Phi) is 6.05. The third kappa shape index (κ3) is 4.61. The maximum Gasteiger partial charge on any atom is 0.220 e. The topological polar surface area (TPSA) is 38.3 Å². The molecule has 1 aromatic rings. The molecule has 0 unspecified atom stereocenters. The maximum absolute atomic E-state index is 11.2. The first-order valence-corrected chi connectivity index (χ1v) is 6.77. The van der Waals surface area contributed by atoms with Crippen LogP contribution in [0.3, 0.4) is 0 Å². The highest BCUT2D eigenvalue weighted by molar-refractivity contribution is 7.58. The molecule has 0 aliphatic rings. The lowest BCUT2D eigenvalue weighted by atomic mass is 10.1. The van der Waals surface area contributed by atoms with Gasteiger partial charge in [0.1, 0.15) is 5.75 Å². The van der Waals surface area contributed by atoms with Gasteiger partial charge in [-0.3, -0.25) is 4.79 Å². The van der Waals surface area contributed by atoms with Crippen LogP contribution in [0.15, 0.2) is 17.0 Å². The normalized spacial score (nSPS) is 10.2. The molecule has 0 saturated carbocycles. The van der Waals surface area contributed by atoms with Gasteiger partial charge in [-0.25, -0.2) is 0 Å². The summed E-state index contributed by atoms with van der Waals surface area (Å²) in [6, 6.07) is 4.00. The van der Waals surface area contributed by atoms with Crippen LogP contribution in [0.5, 0.6) is 5.75 Å². The summed E-state index contributed by atoms with van der Waals surface area (Å²) in [5, 5.41) is 2.77. The van der Waals surface area contributed by atoms with Crippen LogP contribution in [-0.4, -0.2) is 19.1 Å². The zero-order valence-electron chi connectivity index (χ0n) is 11.3. The molecule has 0 fully saturated rings. The second-order valence-corrected chi connectivity index (χ2v) is 4.84. The molecule has 0 radical (unpaired) electrons. The van der Waals surface area contributed by atoms with Gasteiger partial charge >= 0.3 is 0 Å². The first-order chi connectivity index (χ1) is 8.54. The Morgan fingerprint density at radius 3 is 2.50 bits per heavy atom. The van der Waals surface area contributed by atoms with Gasteiger partial charge in [-0.05, 0) is 52.0 Å². The Morgan fingerprint density at radius 2 is 1.94 bits per heavy atom. The Bertz CT molecular complexity index is 395. The number of benzene rings is 1. The van der Waals surface area contributed by atoms with E-state index in [9.17, 15) is 4.79 Å². The second-order valence-electron chi connectivity index (χ2n) is 4.34. The molecule has 0 bridgehead atoms. The minimum absolute atomic E-state index is 0.0870. The molecule has 0 aliphatic carbocycles.